The average molecular weight is 482 g/mol. The Hall–Kier alpha value is -2.17. The van der Waals surface area contributed by atoms with E-state index in [2.05, 4.69) is 5.32 Å². The number of fused-ring (bicyclic) bond motifs is 1. The molecule has 1 aromatic carbocycles. The minimum absolute atomic E-state index is 0.0945. The Kier molecular flexibility index (Phi) is 8.36. The monoisotopic (exact) mass is 481 g/mol. The first-order valence-corrected chi connectivity index (χ1v) is 13.0. The van der Waals surface area contributed by atoms with E-state index in [-0.39, 0.29) is 41.9 Å². The van der Waals surface area contributed by atoms with E-state index in [0.29, 0.717) is 44.1 Å². The summed E-state index contributed by atoms with van der Waals surface area (Å²) in [6.45, 7) is 9.47. The molecule has 3 rings (SSSR count). The van der Waals surface area contributed by atoms with E-state index >= 15 is 0 Å². The van der Waals surface area contributed by atoms with Crippen molar-refractivity contribution in [1.29, 1.82) is 0 Å². The normalized spacial score (nSPS) is 21.6. The van der Waals surface area contributed by atoms with Gasteiger partial charge in [0.2, 0.25) is 15.9 Å². The van der Waals surface area contributed by atoms with Crippen molar-refractivity contribution in [3.63, 3.8) is 0 Å². The van der Waals surface area contributed by atoms with E-state index in [0.717, 1.165) is 6.42 Å². The number of carbonyl (C=O) groups is 2. The molecule has 1 fully saturated rings. The fourth-order valence-corrected chi connectivity index (χ4v) is 5.99. The van der Waals surface area contributed by atoms with Gasteiger partial charge in [0.1, 0.15) is 12.3 Å². The minimum Gasteiger partial charge on any atom is -0.482 e. The highest BCUT2D eigenvalue weighted by atomic mass is 32.2. The number of hydrogen-bond acceptors (Lipinski definition) is 6. The summed E-state index contributed by atoms with van der Waals surface area (Å²) in [5, 5.41) is 2.78. The fourth-order valence-electron chi connectivity index (χ4n) is 4.29. The topological polar surface area (TPSA) is 105 Å². The van der Waals surface area contributed by atoms with E-state index in [1.807, 2.05) is 27.7 Å². The second kappa shape index (κ2) is 10.8. The molecule has 2 heterocycles. The Bertz CT molecular complexity index is 955. The highest BCUT2D eigenvalue weighted by Gasteiger charge is 2.34. The minimum atomic E-state index is -3.73. The van der Waals surface area contributed by atoms with Crippen LogP contribution < -0.4 is 15.0 Å². The van der Waals surface area contributed by atoms with Crippen molar-refractivity contribution >= 4 is 27.5 Å². The number of anilines is 1. The third kappa shape index (κ3) is 6.45. The van der Waals surface area contributed by atoms with Gasteiger partial charge in [0.05, 0.1) is 16.7 Å². The number of ether oxygens (including phenoxy) is 2. The molecule has 1 N–H and O–H groups in total. The van der Waals surface area contributed by atoms with Gasteiger partial charge in [0.25, 0.3) is 5.91 Å². The lowest BCUT2D eigenvalue weighted by Crippen LogP contribution is -2.45. The standard InChI is InChI=1S/C23H35N3O6S/c1-16(2)31-9-5-8-24-22(27)14-26-20-11-19(6-7-21(20)32-15-23(26)28)33(29,30)25-12-17(3)10-18(4)13-25/h6-7,11,16-18H,5,8-10,12-15H2,1-4H3,(H,24,27)/t17-,18+. The summed E-state index contributed by atoms with van der Waals surface area (Å²) in [5.41, 5.74) is 0.295. The first-order chi connectivity index (χ1) is 15.6. The van der Waals surface area contributed by atoms with Crippen LogP contribution in [0.3, 0.4) is 0 Å². The third-order valence-electron chi connectivity index (χ3n) is 5.74. The van der Waals surface area contributed by atoms with Crippen LogP contribution in [-0.4, -0.2) is 70.0 Å². The maximum absolute atomic E-state index is 13.3. The fraction of sp³-hybridized carbons (Fsp3) is 0.652. The molecule has 0 aromatic heterocycles. The molecule has 0 saturated carbocycles. The number of benzene rings is 1. The molecule has 2 atom stereocenters. The number of rotatable bonds is 9. The molecule has 2 amide bonds. The summed E-state index contributed by atoms with van der Waals surface area (Å²) in [4.78, 5) is 26.4. The maximum atomic E-state index is 13.3. The highest BCUT2D eigenvalue weighted by Crippen LogP contribution is 2.36. The number of carbonyl (C=O) groups excluding carboxylic acids is 2. The summed E-state index contributed by atoms with van der Waals surface area (Å²) in [6.07, 6.45) is 1.78. The van der Waals surface area contributed by atoms with Gasteiger partial charge < -0.3 is 14.8 Å². The Morgan fingerprint density at radius 2 is 1.94 bits per heavy atom. The number of amides is 2. The van der Waals surface area contributed by atoms with Crippen molar-refractivity contribution in [2.75, 3.05) is 44.3 Å². The summed E-state index contributed by atoms with van der Waals surface area (Å²) < 4.78 is 39.1. The molecule has 1 aromatic rings. The van der Waals surface area contributed by atoms with Gasteiger partial charge in [0, 0.05) is 26.2 Å². The van der Waals surface area contributed by atoms with Crippen LogP contribution in [0.5, 0.6) is 5.75 Å². The zero-order chi connectivity index (χ0) is 24.2. The predicted octanol–water partition coefficient (Wildman–Crippen LogP) is 2.01. The van der Waals surface area contributed by atoms with Crippen molar-refractivity contribution in [2.24, 2.45) is 11.8 Å². The Balaban J connectivity index is 1.73. The molecule has 9 nitrogen and oxygen atoms in total. The van der Waals surface area contributed by atoms with Gasteiger partial charge in [-0.3, -0.25) is 14.5 Å². The van der Waals surface area contributed by atoms with Gasteiger partial charge in [0.15, 0.2) is 6.61 Å². The van der Waals surface area contributed by atoms with Crippen LogP contribution >= 0.6 is 0 Å². The summed E-state index contributed by atoms with van der Waals surface area (Å²) in [6, 6.07) is 4.50. The molecule has 1 saturated heterocycles. The van der Waals surface area contributed by atoms with Gasteiger partial charge in [-0.25, -0.2) is 8.42 Å². The third-order valence-corrected chi connectivity index (χ3v) is 7.57. The first-order valence-electron chi connectivity index (χ1n) is 11.5. The zero-order valence-corrected chi connectivity index (χ0v) is 20.7. The van der Waals surface area contributed by atoms with E-state index in [1.54, 1.807) is 6.07 Å². The maximum Gasteiger partial charge on any atom is 0.265 e. The lowest BCUT2D eigenvalue weighted by Gasteiger charge is -2.34. The van der Waals surface area contributed by atoms with Crippen LogP contribution in [0.15, 0.2) is 23.1 Å². The molecule has 2 aliphatic heterocycles. The molecule has 0 spiro atoms. The first kappa shape index (κ1) is 25.5. The molecule has 184 valence electrons. The van der Waals surface area contributed by atoms with Crippen molar-refractivity contribution < 1.29 is 27.5 Å². The van der Waals surface area contributed by atoms with Gasteiger partial charge in [-0.2, -0.15) is 4.31 Å². The quantitative estimate of drug-likeness (QED) is 0.541. The van der Waals surface area contributed by atoms with Crippen LogP contribution in [0, 0.1) is 11.8 Å². The summed E-state index contributed by atoms with van der Waals surface area (Å²) in [7, 11) is -3.73. The molecule has 33 heavy (non-hydrogen) atoms. The number of hydrogen-bond donors (Lipinski definition) is 1. The molecule has 0 bridgehead atoms. The zero-order valence-electron chi connectivity index (χ0n) is 19.9. The van der Waals surface area contributed by atoms with Gasteiger partial charge in [-0.05, 0) is 56.7 Å². The summed E-state index contributed by atoms with van der Waals surface area (Å²) >= 11 is 0. The number of nitrogens with zero attached hydrogens (tertiary/aromatic N) is 2. The number of piperidine rings is 1. The van der Waals surface area contributed by atoms with Crippen LogP contribution in [0.4, 0.5) is 5.69 Å². The average Bonchev–Trinajstić information content (AvgIpc) is 2.74. The summed E-state index contributed by atoms with van der Waals surface area (Å²) in [5.74, 6) is 0.213. The van der Waals surface area contributed by atoms with Gasteiger partial charge >= 0.3 is 0 Å². The van der Waals surface area contributed by atoms with Gasteiger partial charge in [-0.1, -0.05) is 13.8 Å². The van der Waals surface area contributed by atoms with E-state index in [9.17, 15) is 18.0 Å². The van der Waals surface area contributed by atoms with Crippen LogP contribution in [0.2, 0.25) is 0 Å². The highest BCUT2D eigenvalue weighted by molar-refractivity contribution is 7.89. The van der Waals surface area contributed by atoms with E-state index in [1.165, 1.54) is 21.3 Å². The van der Waals surface area contributed by atoms with Gasteiger partial charge in [-0.15, -0.1) is 0 Å². The Labute approximate surface area is 196 Å². The van der Waals surface area contributed by atoms with Crippen LogP contribution in [0.1, 0.15) is 40.5 Å². The lowest BCUT2D eigenvalue weighted by molar-refractivity contribution is -0.125. The largest absolute Gasteiger partial charge is 0.482 e. The Morgan fingerprint density at radius 1 is 1.24 bits per heavy atom. The van der Waals surface area contributed by atoms with Crippen LogP contribution in [-0.2, 0) is 24.3 Å². The molecule has 0 unspecified atom stereocenters. The van der Waals surface area contributed by atoms with E-state index < -0.39 is 15.9 Å². The molecule has 10 heteroatoms. The number of nitrogens with one attached hydrogen (secondary N) is 1. The van der Waals surface area contributed by atoms with Crippen LogP contribution in [0.25, 0.3) is 0 Å². The van der Waals surface area contributed by atoms with Crippen molar-refractivity contribution in [2.45, 2.75) is 51.5 Å². The molecular formula is C23H35N3O6S. The van der Waals surface area contributed by atoms with E-state index in [4.69, 9.17) is 9.47 Å². The lowest BCUT2D eigenvalue weighted by atomic mass is 9.94. The smallest absolute Gasteiger partial charge is 0.265 e. The van der Waals surface area contributed by atoms with Crippen molar-refractivity contribution in [3.05, 3.63) is 18.2 Å². The van der Waals surface area contributed by atoms with Crippen molar-refractivity contribution in [1.82, 2.24) is 9.62 Å². The molecule has 2 aliphatic rings. The number of sulfonamides is 1. The van der Waals surface area contributed by atoms with Crippen molar-refractivity contribution in [3.8, 4) is 5.75 Å². The SMILES string of the molecule is CC(C)OCCCNC(=O)CN1C(=O)COc2ccc(S(=O)(=O)N3C[C@H](C)C[C@H](C)C3)cc21. The molecular weight excluding hydrogens is 446 g/mol. The second-order valence-corrected chi connectivity index (χ2v) is 11.2. The predicted molar refractivity (Wildman–Crippen MR) is 125 cm³/mol. The molecule has 0 radical (unpaired) electrons. The second-order valence-electron chi connectivity index (χ2n) is 9.29. The Morgan fingerprint density at radius 3 is 2.61 bits per heavy atom. The molecule has 0 aliphatic carbocycles.